The largest absolute Gasteiger partial charge is 0.369 e. The lowest BCUT2D eigenvalue weighted by Gasteiger charge is -2.09. The van der Waals surface area contributed by atoms with Crippen molar-refractivity contribution in [3.8, 4) is 0 Å². The normalized spacial score (nSPS) is 10.3. The van der Waals surface area contributed by atoms with Crippen molar-refractivity contribution in [3.05, 3.63) is 24.3 Å². The van der Waals surface area contributed by atoms with Crippen LogP contribution in [0.25, 0.3) is 0 Å². The van der Waals surface area contributed by atoms with Gasteiger partial charge >= 0.3 is 6.43 Å². The summed E-state index contributed by atoms with van der Waals surface area (Å²) in [5.74, 6) is -1.89. The molecule has 0 bridgehead atoms. The summed E-state index contributed by atoms with van der Waals surface area (Å²) >= 11 is 1.07. The zero-order chi connectivity index (χ0) is 12.8. The molecule has 0 heterocycles. The van der Waals surface area contributed by atoms with Gasteiger partial charge in [0.2, 0.25) is 5.91 Å². The van der Waals surface area contributed by atoms with E-state index in [0.717, 1.165) is 11.8 Å². The third-order valence-electron chi connectivity index (χ3n) is 1.71. The van der Waals surface area contributed by atoms with Crippen molar-refractivity contribution in [2.24, 2.45) is 5.73 Å². The molecule has 0 aliphatic rings. The van der Waals surface area contributed by atoms with Crippen LogP contribution in [-0.2, 0) is 9.59 Å². The Kier molecular flexibility index (Phi) is 4.89. The number of alkyl halides is 2. The van der Waals surface area contributed by atoms with Gasteiger partial charge in [0.05, 0.1) is 11.4 Å². The van der Waals surface area contributed by atoms with Gasteiger partial charge in [0.1, 0.15) is 0 Å². The third kappa shape index (κ3) is 4.39. The van der Waals surface area contributed by atoms with Crippen LogP contribution in [0.2, 0.25) is 0 Å². The fraction of sp³-hybridized carbons (Fsp3) is 0.200. The summed E-state index contributed by atoms with van der Waals surface area (Å²) < 4.78 is 24.1. The molecule has 2 amide bonds. The van der Waals surface area contributed by atoms with Crippen LogP contribution in [0, 0.1) is 0 Å². The molecule has 7 heteroatoms. The summed E-state index contributed by atoms with van der Waals surface area (Å²) in [5, 5.41) is 2.07. The number of nitrogens with one attached hydrogen (secondary N) is 1. The summed E-state index contributed by atoms with van der Waals surface area (Å²) in [4.78, 5) is 22.0. The molecule has 0 radical (unpaired) electrons. The molecule has 1 aromatic carbocycles. The van der Waals surface area contributed by atoms with Crippen LogP contribution in [0.5, 0.6) is 0 Å². The minimum absolute atomic E-state index is 0.0154. The van der Waals surface area contributed by atoms with Crippen LogP contribution >= 0.6 is 11.8 Å². The van der Waals surface area contributed by atoms with Crippen molar-refractivity contribution in [1.82, 2.24) is 0 Å². The fourth-order valence-electron chi connectivity index (χ4n) is 1.03. The van der Waals surface area contributed by atoms with E-state index in [9.17, 15) is 18.4 Å². The molecule has 0 spiro atoms. The van der Waals surface area contributed by atoms with Gasteiger partial charge in [0, 0.05) is 4.90 Å². The Bertz CT molecular complexity index is 427. The van der Waals surface area contributed by atoms with Crippen molar-refractivity contribution in [3.63, 3.8) is 0 Å². The lowest BCUT2D eigenvalue weighted by molar-refractivity contribution is -0.126. The molecule has 1 aromatic rings. The quantitative estimate of drug-likeness (QED) is 0.787. The Morgan fingerprint density at radius 2 is 2.00 bits per heavy atom. The van der Waals surface area contributed by atoms with E-state index in [4.69, 9.17) is 5.73 Å². The second kappa shape index (κ2) is 6.19. The van der Waals surface area contributed by atoms with E-state index in [1.54, 1.807) is 18.2 Å². The highest BCUT2D eigenvalue weighted by atomic mass is 32.2. The number of nitrogens with two attached hydrogens (primary N) is 1. The Labute approximate surface area is 101 Å². The molecule has 3 N–H and O–H groups in total. The van der Waals surface area contributed by atoms with Crippen molar-refractivity contribution in [2.45, 2.75) is 11.3 Å². The minimum Gasteiger partial charge on any atom is -0.369 e. The molecule has 0 fully saturated rings. The number of hydrogen-bond donors (Lipinski definition) is 2. The zero-order valence-corrected chi connectivity index (χ0v) is 9.47. The molecule has 0 aliphatic heterocycles. The first kappa shape index (κ1) is 13.4. The molecule has 0 atom stereocenters. The Morgan fingerprint density at radius 1 is 1.35 bits per heavy atom. The van der Waals surface area contributed by atoms with E-state index in [2.05, 4.69) is 5.32 Å². The van der Waals surface area contributed by atoms with Gasteiger partial charge in [-0.1, -0.05) is 12.1 Å². The smallest absolute Gasteiger partial charge is 0.315 e. The number of benzene rings is 1. The predicted octanol–water partition coefficient (Wildman–Crippen LogP) is 1.47. The van der Waals surface area contributed by atoms with Crippen LogP contribution in [0.3, 0.4) is 0 Å². The highest BCUT2D eigenvalue weighted by molar-refractivity contribution is 8.00. The standard InChI is InChI=1S/C10H10F2N2O2S/c11-9(12)10(16)14-6-3-1-2-4-7(6)17-5-8(13)15/h1-4,9H,5H2,(H2,13,15)(H,14,16). The Hall–Kier alpha value is -1.63. The van der Waals surface area contributed by atoms with Gasteiger partial charge in [0.15, 0.2) is 0 Å². The summed E-state index contributed by atoms with van der Waals surface area (Å²) in [6.45, 7) is 0. The second-order valence-electron chi connectivity index (χ2n) is 3.04. The molecule has 4 nitrogen and oxygen atoms in total. The van der Waals surface area contributed by atoms with Crippen molar-refractivity contribution in [1.29, 1.82) is 0 Å². The number of amides is 2. The average Bonchev–Trinajstić information content (AvgIpc) is 2.27. The van der Waals surface area contributed by atoms with Crippen molar-refractivity contribution < 1.29 is 18.4 Å². The lowest BCUT2D eigenvalue weighted by Crippen LogP contribution is -2.20. The topological polar surface area (TPSA) is 72.2 Å². The van der Waals surface area contributed by atoms with Crippen molar-refractivity contribution in [2.75, 3.05) is 11.1 Å². The third-order valence-corrected chi connectivity index (χ3v) is 2.81. The van der Waals surface area contributed by atoms with Crippen molar-refractivity contribution >= 4 is 29.3 Å². The van der Waals surface area contributed by atoms with Crippen LogP contribution in [0.4, 0.5) is 14.5 Å². The van der Waals surface area contributed by atoms with Crippen LogP contribution < -0.4 is 11.1 Å². The predicted molar refractivity (Wildman–Crippen MR) is 61.0 cm³/mol. The molecule has 0 aliphatic carbocycles. The lowest BCUT2D eigenvalue weighted by atomic mass is 10.3. The minimum atomic E-state index is -3.08. The van der Waals surface area contributed by atoms with Gasteiger partial charge in [0.25, 0.3) is 5.91 Å². The van der Waals surface area contributed by atoms with E-state index in [1.165, 1.54) is 6.07 Å². The molecule has 17 heavy (non-hydrogen) atoms. The maximum atomic E-state index is 12.1. The van der Waals surface area contributed by atoms with Crippen LogP contribution in [0.1, 0.15) is 0 Å². The number of para-hydroxylation sites is 1. The Balaban J connectivity index is 2.77. The first-order chi connectivity index (χ1) is 8.00. The number of carbonyl (C=O) groups excluding carboxylic acids is 2. The molecule has 92 valence electrons. The summed E-state index contributed by atoms with van der Waals surface area (Å²) in [7, 11) is 0. The van der Waals surface area contributed by atoms with E-state index < -0.39 is 18.2 Å². The molecular formula is C10H10F2N2O2S. The van der Waals surface area contributed by atoms with Gasteiger partial charge in [-0.2, -0.15) is 8.78 Å². The van der Waals surface area contributed by atoms with Gasteiger partial charge in [-0.25, -0.2) is 0 Å². The van der Waals surface area contributed by atoms with E-state index in [0.29, 0.717) is 4.90 Å². The van der Waals surface area contributed by atoms with E-state index in [1.807, 2.05) is 0 Å². The first-order valence-corrected chi connectivity index (χ1v) is 5.58. The summed E-state index contributed by atoms with van der Waals surface area (Å²) in [6, 6.07) is 6.34. The molecule has 0 aromatic heterocycles. The monoisotopic (exact) mass is 260 g/mol. The van der Waals surface area contributed by atoms with Gasteiger partial charge in [-0.15, -0.1) is 11.8 Å². The van der Waals surface area contributed by atoms with Gasteiger partial charge in [-0.05, 0) is 12.1 Å². The maximum Gasteiger partial charge on any atom is 0.315 e. The number of thioether (sulfide) groups is 1. The highest BCUT2D eigenvalue weighted by Crippen LogP contribution is 2.26. The number of carbonyl (C=O) groups is 2. The first-order valence-electron chi connectivity index (χ1n) is 4.60. The molecule has 0 saturated carbocycles. The number of rotatable bonds is 5. The van der Waals surface area contributed by atoms with Crippen LogP contribution in [0.15, 0.2) is 29.2 Å². The summed E-state index contributed by atoms with van der Waals surface area (Å²) in [5.41, 5.74) is 5.21. The number of anilines is 1. The zero-order valence-electron chi connectivity index (χ0n) is 8.65. The SMILES string of the molecule is NC(=O)CSc1ccccc1NC(=O)C(F)F. The number of hydrogen-bond acceptors (Lipinski definition) is 3. The number of primary amides is 1. The van der Waals surface area contributed by atoms with E-state index in [-0.39, 0.29) is 11.4 Å². The Morgan fingerprint density at radius 3 is 2.59 bits per heavy atom. The second-order valence-corrected chi connectivity index (χ2v) is 4.06. The fourth-order valence-corrected chi connectivity index (χ4v) is 1.78. The van der Waals surface area contributed by atoms with Crippen LogP contribution in [-0.4, -0.2) is 24.0 Å². The molecule has 0 unspecified atom stereocenters. The summed E-state index contributed by atoms with van der Waals surface area (Å²) in [6.07, 6.45) is -3.08. The maximum absolute atomic E-state index is 12.1. The molecule has 0 saturated heterocycles. The molecular weight excluding hydrogens is 250 g/mol. The van der Waals surface area contributed by atoms with Gasteiger partial charge < -0.3 is 11.1 Å². The average molecular weight is 260 g/mol. The van der Waals surface area contributed by atoms with Gasteiger partial charge in [-0.3, -0.25) is 9.59 Å². The molecule has 1 rings (SSSR count). The number of halogens is 2. The highest BCUT2D eigenvalue weighted by Gasteiger charge is 2.16. The van der Waals surface area contributed by atoms with E-state index >= 15 is 0 Å².